The molecular formula is C33H47BN4O5. The minimum atomic E-state index is -0.743. The second kappa shape index (κ2) is 13.6. The van der Waals surface area contributed by atoms with E-state index < -0.39 is 30.6 Å². The molecule has 4 aliphatic rings. The van der Waals surface area contributed by atoms with E-state index in [2.05, 4.69) is 36.7 Å². The van der Waals surface area contributed by atoms with E-state index in [4.69, 9.17) is 9.31 Å². The number of nitrogens with one attached hydrogen (secondary N) is 3. The van der Waals surface area contributed by atoms with E-state index in [1.165, 1.54) is 6.92 Å². The summed E-state index contributed by atoms with van der Waals surface area (Å²) in [6, 6.07) is 11.2. The summed E-state index contributed by atoms with van der Waals surface area (Å²) in [5.41, 5.74) is 0.957. The van der Waals surface area contributed by atoms with Crippen molar-refractivity contribution in [1.29, 1.82) is 5.26 Å². The molecule has 0 radical (unpaired) electrons. The second-order valence-corrected chi connectivity index (χ2v) is 13.6. The highest BCUT2D eigenvalue weighted by molar-refractivity contribution is 6.48. The van der Waals surface area contributed by atoms with Crippen LogP contribution in [0.2, 0.25) is 0 Å². The number of carbonyl (C=O) groups is 3. The molecule has 3 amide bonds. The molecule has 43 heavy (non-hydrogen) atoms. The van der Waals surface area contributed by atoms with Crippen LogP contribution in [0.3, 0.4) is 0 Å². The summed E-state index contributed by atoms with van der Waals surface area (Å²) in [7, 11) is -0.601. The predicted octanol–water partition coefficient (Wildman–Crippen LogP) is 3.88. The fourth-order valence-electron chi connectivity index (χ4n) is 7.22. The average Bonchev–Trinajstić information content (AvgIpc) is 3.32. The molecule has 232 valence electrons. The first-order chi connectivity index (χ1) is 20.3. The number of nitrogens with zero attached hydrogens (tertiary/aromatic N) is 1. The number of carbonyl (C=O) groups excluding carboxylic acids is 3. The minimum absolute atomic E-state index is 0.0114. The molecule has 1 unspecified atom stereocenters. The number of hydrogen-bond donors (Lipinski definition) is 3. The Kier molecular flexibility index (Phi) is 10.4. The zero-order chi connectivity index (χ0) is 31.4. The third-order valence-electron chi connectivity index (χ3n) is 9.69. The van der Waals surface area contributed by atoms with Crippen LogP contribution >= 0.6 is 0 Å². The van der Waals surface area contributed by atoms with Gasteiger partial charge < -0.3 is 25.3 Å². The normalized spacial score (nSPS) is 26.9. The van der Waals surface area contributed by atoms with Gasteiger partial charge in [-0.2, -0.15) is 5.26 Å². The molecule has 0 spiro atoms. The summed E-state index contributed by atoms with van der Waals surface area (Å²) in [5, 5.41) is 18.0. The third-order valence-corrected chi connectivity index (χ3v) is 9.69. The molecule has 5 rings (SSSR count). The topological polar surface area (TPSA) is 130 Å². The van der Waals surface area contributed by atoms with Gasteiger partial charge in [-0.25, -0.2) is 0 Å². The van der Waals surface area contributed by atoms with Crippen LogP contribution in [0.25, 0.3) is 0 Å². The number of amides is 3. The summed E-state index contributed by atoms with van der Waals surface area (Å²) >= 11 is 0. The molecule has 10 heteroatoms. The van der Waals surface area contributed by atoms with Gasteiger partial charge in [0, 0.05) is 13.5 Å². The molecule has 6 atom stereocenters. The van der Waals surface area contributed by atoms with Crippen molar-refractivity contribution in [3.05, 3.63) is 47.5 Å². The van der Waals surface area contributed by atoms with Gasteiger partial charge in [0.15, 0.2) is 0 Å². The monoisotopic (exact) mass is 590 g/mol. The molecule has 1 aromatic rings. The van der Waals surface area contributed by atoms with Crippen molar-refractivity contribution in [2.75, 3.05) is 6.54 Å². The van der Waals surface area contributed by atoms with Crippen molar-refractivity contribution in [1.82, 2.24) is 16.0 Å². The Balaban J connectivity index is 1.39. The van der Waals surface area contributed by atoms with Gasteiger partial charge in [0.1, 0.15) is 17.7 Å². The van der Waals surface area contributed by atoms with Crippen LogP contribution in [-0.4, -0.2) is 55.1 Å². The Morgan fingerprint density at radius 3 is 2.47 bits per heavy atom. The summed E-state index contributed by atoms with van der Waals surface area (Å²) in [5.74, 6) is -0.310. The largest absolute Gasteiger partial charge is 0.482 e. The van der Waals surface area contributed by atoms with Crippen LogP contribution in [0.1, 0.15) is 79.2 Å². The smallest absolute Gasteiger partial charge is 0.404 e. The number of benzene rings is 1. The maximum Gasteiger partial charge on any atom is 0.482 e. The van der Waals surface area contributed by atoms with Gasteiger partial charge in [-0.05, 0) is 74.2 Å². The van der Waals surface area contributed by atoms with E-state index in [1.54, 1.807) is 6.08 Å². The first-order valence-corrected chi connectivity index (χ1v) is 15.7. The zero-order valence-corrected chi connectivity index (χ0v) is 26.4. The summed E-state index contributed by atoms with van der Waals surface area (Å²) in [6.07, 6.45) is 5.83. The molecule has 0 aromatic heterocycles. The Hall–Kier alpha value is -3.16. The first kappa shape index (κ1) is 32.8. The molecule has 3 N–H and O–H groups in total. The molecule has 1 aliphatic heterocycles. The molecule has 3 saturated carbocycles. The highest BCUT2D eigenvalue weighted by Gasteiger charge is 2.68. The summed E-state index contributed by atoms with van der Waals surface area (Å²) in [6.45, 7) is 12.4. The Morgan fingerprint density at radius 1 is 1.12 bits per heavy atom. The fraction of sp³-hybridized carbons (Fsp3) is 0.636. The maximum absolute atomic E-state index is 13.7. The first-order valence-electron chi connectivity index (χ1n) is 15.7. The minimum Gasteiger partial charge on any atom is -0.404 e. The molecule has 9 nitrogen and oxygen atoms in total. The highest BCUT2D eigenvalue weighted by atomic mass is 16.7. The van der Waals surface area contributed by atoms with Crippen molar-refractivity contribution in [3.8, 4) is 6.07 Å². The Bertz CT molecular complexity index is 1250. The van der Waals surface area contributed by atoms with Gasteiger partial charge in [-0.3, -0.25) is 14.4 Å². The SMILES string of the molecule is CC(=O)N[C@@H](CCCCNC(=O)/C(C#N)=C/C(C)C)C(=O)NC(Cc1ccccc1)B1O[C@@H]2C[C@@H]3C[C@@H](C3(C)C)[C@]2(C)O1. The number of rotatable bonds is 13. The van der Waals surface area contributed by atoms with Crippen LogP contribution in [0.5, 0.6) is 0 Å². The lowest BCUT2D eigenvalue weighted by Crippen LogP contribution is -2.65. The average molecular weight is 591 g/mol. The molecule has 1 aromatic carbocycles. The van der Waals surface area contributed by atoms with Gasteiger partial charge in [-0.15, -0.1) is 0 Å². The molecule has 2 bridgehead atoms. The van der Waals surface area contributed by atoms with Crippen molar-refractivity contribution in [2.45, 2.75) is 104 Å². The van der Waals surface area contributed by atoms with Gasteiger partial charge in [0.05, 0.1) is 17.6 Å². The third kappa shape index (κ3) is 7.50. The number of hydrogen-bond acceptors (Lipinski definition) is 6. The van der Waals surface area contributed by atoms with Gasteiger partial charge >= 0.3 is 7.12 Å². The number of unbranched alkanes of at least 4 members (excludes halogenated alkanes) is 1. The molecule has 3 aliphatic carbocycles. The Labute approximate surface area is 256 Å². The van der Waals surface area contributed by atoms with Crippen LogP contribution in [-0.2, 0) is 30.1 Å². The summed E-state index contributed by atoms with van der Waals surface area (Å²) in [4.78, 5) is 38.0. The highest BCUT2D eigenvalue weighted by Crippen LogP contribution is 2.65. The zero-order valence-electron chi connectivity index (χ0n) is 26.4. The summed E-state index contributed by atoms with van der Waals surface area (Å²) < 4.78 is 13.3. The number of nitriles is 1. The van der Waals surface area contributed by atoms with E-state index in [9.17, 15) is 19.6 Å². The predicted molar refractivity (Wildman–Crippen MR) is 165 cm³/mol. The van der Waals surface area contributed by atoms with E-state index in [0.29, 0.717) is 44.1 Å². The van der Waals surface area contributed by atoms with Crippen LogP contribution in [0.4, 0.5) is 0 Å². The van der Waals surface area contributed by atoms with Gasteiger partial charge in [0.25, 0.3) is 5.91 Å². The molecule has 4 fully saturated rings. The van der Waals surface area contributed by atoms with E-state index in [0.717, 1.165) is 18.4 Å². The van der Waals surface area contributed by atoms with E-state index >= 15 is 0 Å². The van der Waals surface area contributed by atoms with E-state index in [-0.39, 0.29) is 34.8 Å². The Morgan fingerprint density at radius 2 is 1.84 bits per heavy atom. The van der Waals surface area contributed by atoms with Crippen molar-refractivity contribution >= 4 is 24.8 Å². The van der Waals surface area contributed by atoms with Crippen LogP contribution < -0.4 is 16.0 Å². The van der Waals surface area contributed by atoms with Crippen LogP contribution in [0, 0.1) is 34.5 Å². The van der Waals surface area contributed by atoms with Crippen molar-refractivity contribution in [2.24, 2.45) is 23.2 Å². The second-order valence-electron chi connectivity index (χ2n) is 13.6. The van der Waals surface area contributed by atoms with E-state index in [1.807, 2.05) is 50.2 Å². The lowest BCUT2D eigenvalue weighted by atomic mass is 9.43. The van der Waals surface area contributed by atoms with Gasteiger partial charge in [0.2, 0.25) is 11.8 Å². The molecule has 1 heterocycles. The standard InChI is InChI=1S/C33H47BN4O5/c1-21(2)16-24(20-35)30(40)36-15-11-10-14-26(37-22(3)39)31(41)38-29(17-23-12-8-7-9-13-23)34-42-28-19-25-18-27(32(25,4)5)33(28,6)43-34/h7-9,12-13,16,21,25-29H,10-11,14-15,17-19H2,1-6H3,(H,36,40)(H,37,39)(H,38,41)/b24-16+/t25-,26-,27-,28+,29?,33-/m0/s1. The van der Waals surface area contributed by atoms with Crippen molar-refractivity contribution < 1.29 is 23.7 Å². The molecule has 1 saturated heterocycles. The quantitative estimate of drug-likeness (QED) is 0.138. The molecular weight excluding hydrogens is 543 g/mol. The van der Waals surface area contributed by atoms with Gasteiger partial charge in [-0.1, -0.05) is 64.1 Å². The van der Waals surface area contributed by atoms with Crippen molar-refractivity contribution in [3.63, 3.8) is 0 Å². The van der Waals surface area contributed by atoms with Crippen LogP contribution in [0.15, 0.2) is 42.0 Å². The lowest BCUT2D eigenvalue weighted by Gasteiger charge is -2.64. The number of allylic oxidation sites excluding steroid dienone is 1. The lowest BCUT2D eigenvalue weighted by molar-refractivity contribution is -0.199. The maximum atomic E-state index is 13.7. The fourth-order valence-corrected chi connectivity index (χ4v) is 7.22.